The van der Waals surface area contributed by atoms with Crippen LogP contribution in [0.2, 0.25) is 5.15 Å². The maximum absolute atomic E-state index is 14.0. The summed E-state index contributed by atoms with van der Waals surface area (Å²) in [5.41, 5.74) is -3.04. The van der Waals surface area contributed by atoms with Crippen LogP contribution in [0.1, 0.15) is 47.7 Å². The first-order chi connectivity index (χ1) is 18.3. The van der Waals surface area contributed by atoms with Crippen LogP contribution in [0.4, 0.5) is 19.0 Å². The molecule has 0 radical (unpaired) electrons. The second kappa shape index (κ2) is 11.3. The van der Waals surface area contributed by atoms with Crippen molar-refractivity contribution in [2.24, 2.45) is 11.8 Å². The van der Waals surface area contributed by atoms with E-state index in [1.54, 1.807) is 39.2 Å². The molecule has 2 aliphatic heterocycles. The fourth-order valence-electron chi connectivity index (χ4n) is 5.41. The number of alkyl halides is 3. The number of rotatable bonds is 7. The van der Waals surface area contributed by atoms with Crippen molar-refractivity contribution >= 4 is 29.2 Å². The average Bonchev–Trinajstić information content (AvgIpc) is 2.88. The zero-order chi connectivity index (χ0) is 28.5. The summed E-state index contributed by atoms with van der Waals surface area (Å²) in [6.07, 6.45) is -2.09. The molecule has 7 nitrogen and oxygen atoms in total. The summed E-state index contributed by atoms with van der Waals surface area (Å²) in [5, 5.41) is 10.9. The molecular weight excluding hydrogens is 533 g/mol. The van der Waals surface area contributed by atoms with Crippen molar-refractivity contribution in [2.45, 2.75) is 44.4 Å². The van der Waals surface area contributed by atoms with Crippen LogP contribution in [0, 0.1) is 11.8 Å². The van der Waals surface area contributed by atoms with Gasteiger partial charge in [-0.3, -0.25) is 9.59 Å². The lowest BCUT2D eigenvalue weighted by atomic mass is 9.82. The summed E-state index contributed by atoms with van der Waals surface area (Å²) >= 11 is 6.26. The summed E-state index contributed by atoms with van der Waals surface area (Å²) < 4.78 is 42.1. The summed E-state index contributed by atoms with van der Waals surface area (Å²) in [7, 11) is 3.30. The van der Waals surface area contributed by atoms with Crippen LogP contribution in [-0.4, -0.2) is 78.2 Å². The van der Waals surface area contributed by atoms with Crippen molar-refractivity contribution in [3.05, 3.63) is 58.2 Å². The van der Waals surface area contributed by atoms with Crippen molar-refractivity contribution in [3.63, 3.8) is 0 Å². The van der Waals surface area contributed by atoms with Crippen molar-refractivity contribution < 1.29 is 27.9 Å². The number of aromatic nitrogens is 1. The Kier molecular flexibility index (Phi) is 8.47. The molecule has 0 saturated carbocycles. The Morgan fingerprint density at radius 2 is 1.77 bits per heavy atom. The third-order valence-electron chi connectivity index (χ3n) is 7.79. The normalized spacial score (nSPS) is 18.5. The average molecular weight is 567 g/mol. The van der Waals surface area contributed by atoms with Gasteiger partial charge in [-0.25, -0.2) is 4.98 Å². The number of piperidine rings is 1. The number of benzene rings is 1. The molecule has 2 aliphatic rings. The molecule has 1 atom stereocenters. The second-order valence-electron chi connectivity index (χ2n) is 10.7. The van der Waals surface area contributed by atoms with Gasteiger partial charge in [0.25, 0.3) is 17.4 Å². The number of aliphatic hydroxyl groups is 1. The number of halogens is 4. The number of amides is 2. The Bertz CT molecular complexity index is 1210. The molecule has 212 valence electrons. The fourth-order valence-corrected chi connectivity index (χ4v) is 5.64. The third-order valence-corrected chi connectivity index (χ3v) is 8.08. The van der Waals surface area contributed by atoms with Crippen molar-refractivity contribution in [1.82, 2.24) is 14.8 Å². The highest BCUT2D eigenvalue weighted by Crippen LogP contribution is 2.42. The van der Waals surface area contributed by atoms with Gasteiger partial charge >= 0.3 is 6.18 Å². The van der Waals surface area contributed by atoms with Crippen LogP contribution in [0.5, 0.6) is 0 Å². The van der Waals surface area contributed by atoms with Gasteiger partial charge in [0.1, 0.15) is 11.0 Å². The molecule has 0 unspecified atom stereocenters. The smallest absolute Gasteiger partial charge is 0.369 e. The molecule has 2 saturated heterocycles. The van der Waals surface area contributed by atoms with Gasteiger partial charge in [-0.15, -0.1) is 0 Å². The first-order valence-electron chi connectivity index (χ1n) is 13.2. The van der Waals surface area contributed by atoms with Gasteiger partial charge in [0.15, 0.2) is 0 Å². The van der Waals surface area contributed by atoms with Crippen molar-refractivity contribution in [2.75, 3.05) is 45.2 Å². The van der Waals surface area contributed by atoms with E-state index >= 15 is 0 Å². The maximum Gasteiger partial charge on any atom is 0.430 e. The lowest BCUT2D eigenvalue weighted by Gasteiger charge is -2.45. The number of hydrogen-bond donors (Lipinski definition) is 1. The number of carbonyl (C=O) groups is 2. The zero-order valence-electron chi connectivity index (χ0n) is 22.3. The maximum atomic E-state index is 14.0. The van der Waals surface area contributed by atoms with Crippen LogP contribution >= 0.6 is 11.6 Å². The van der Waals surface area contributed by atoms with E-state index < -0.39 is 23.2 Å². The van der Waals surface area contributed by atoms with Crippen LogP contribution < -0.4 is 4.90 Å². The van der Waals surface area contributed by atoms with Gasteiger partial charge in [0, 0.05) is 45.8 Å². The largest absolute Gasteiger partial charge is 0.430 e. The molecule has 2 amide bonds. The summed E-state index contributed by atoms with van der Waals surface area (Å²) in [5.74, 6) is -0.361. The first kappa shape index (κ1) is 29.1. The molecule has 4 rings (SSSR count). The summed E-state index contributed by atoms with van der Waals surface area (Å²) in [6, 6.07) is 8.99. The topological polar surface area (TPSA) is 77.0 Å². The number of carbonyl (C=O) groups excluding carboxylic acids is 2. The SMILES string of the molecule is CCc1cccc([C@@](O)(C(=O)N2CC(CC3CCN(c4ccc(C(=O)N(C)C)c(Cl)n4)CC3)C2)C(F)(F)F)c1. The van der Waals surface area contributed by atoms with E-state index in [0.29, 0.717) is 29.3 Å². The van der Waals surface area contributed by atoms with Crippen LogP contribution in [0.15, 0.2) is 36.4 Å². The quantitative estimate of drug-likeness (QED) is 0.499. The number of nitrogens with zero attached hydrogens (tertiary/aromatic N) is 4. The van der Waals surface area contributed by atoms with E-state index in [2.05, 4.69) is 9.88 Å². The van der Waals surface area contributed by atoms with Gasteiger partial charge in [0.2, 0.25) is 0 Å². The van der Waals surface area contributed by atoms with Crippen molar-refractivity contribution in [1.29, 1.82) is 0 Å². The molecule has 3 heterocycles. The Balaban J connectivity index is 1.32. The summed E-state index contributed by atoms with van der Waals surface area (Å²) in [4.78, 5) is 34.2. The van der Waals surface area contributed by atoms with Gasteiger partial charge in [0.05, 0.1) is 5.56 Å². The van der Waals surface area contributed by atoms with Gasteiger partial charge < -0.3 is 19.8 Å². The van der Waals surface area contributed by atoms with Gasteiger partial charge in [-0.2, -0.15) is 13.2 Å². The Morgan fingerprint density at radius 1 is 1.10 bits per heavy atom. The Hall–Kier alpha value is -2.85. The highest BCUT2D eigenvalue weighted by molar-refractivity contribution is 6.32. The fraction of sp³-hybridized carbons (Fsp3) is 0.536. The lowest BCUT2D eigenvalue weighted by Crippen LogP contribution is -2.61. The van der Waals surface area contributed by atoms with E-state index in [-0.39, 0.29) is 30.1 Å². The molecule has 0 spiro atoms. The summed E-state index contributed by atoms with van der Waals surface area (Å²) in [6.45, 7) is 3.68. The molecule has 0 aliphatic carbocycles. The molecular formula is C28H34ClF3N4O3. The lowest BCUT2D eigenvalue weighted by molar-refractivity contribution is -0.264. The molecule has 2 fully saturated rings. The highest BCUT2D eigenvalue weighted by Gasteiger charge is 2.63. The Morgan fingerprint density at radius 3 is 2.33 bits per heavy atom. The van der Waals surface area contributed by atoms with Crippen LogP contribution in [-0.2, 0) is 16.8 Å². The van der Waals surface area contributed by atoms with Crippen molar-refractivity contribution in [3.8, 4) is 0 Å². The third kappa shape index (κ3) is 5.87. The minimum Gasteiger partial charge on any atom is -0.369 e. The van der Waals surface area contributed by atoms with Crippen LogP contribution in [0.3, 0.4) is 0 Å². The van der Waals surface area contributed by atoms with E-state index in [1.165, 1.54) is 17.0 Å². The van der Waals surface area contributed by atoms with E-state index in [1.807, 2.05) is 0 Å². The standard InChI is InChI=1S/C28H34ClF3N4O3/c1-4-18-6-5-7-21(15-18)27(39,28(30,31)32)26(38)36-16-20(17-36)14-19-10-12-35(13-11-19)23-9-8-22(24(29)33-23)25(37)34(2)3/h5-9,15,19-20,39H,4,10-14,16-17H2,1-3H3/t27-/m1/s1. The molecule has 1 N–H and O–H groups in total. The number of aryl methyl sites for hydroxylation is 1. The second-order valence-corrected chi connectivity index (χ2v) is 11.1. The van der Waals surface area contributed by atoms with Gasteiger partial charge in [-0.1, -0.05) is 42.8 Å². The number of likely N-dealkylation sites (tertiary alicyclic amines) is 1. The molecule has 1 aromatic heterocycles. The van der Waals surface area contributed by atoms with Gasteiger partial charge in [-0.05, 0) is 55.2 Å². The van der Waals surface area contributed by atoms with E-state index in [4.69, 9.17) is 11.6 Å². The minimum atomic E-state index is -5.14. The molecule has 1 aromatic carbocycles. The predicted molar refractivity (Wildman–Crippen MR) is 143 cm³/mol. The minimum absolute atomic E-state index is 0.0915. The zero-order valence-corrected chi connectivity index (χ0v) is 23.1. The first-order valence-corrected chi connectivity index (χ1v) is 13.5. The predicted octanol–water partition coefficient (Wildman–Crippen LogP) is 4.51. The molecule has 11 heteroatoms. The van der Waals surface area contributed by atoms with E-state index in [9.17, 15) is 27.9 Å². The number of anilines is 1. The van der Waals surface area contributed by atoms with E-state index in [0.717, 1.165) is 43.3 Å². The molecule has 2 aromatic rings. The van der Waals surface area contributed by atoms with Crippen LogP contribution in [0.25, 0.3) is 0 Å². The highest BCUT2D eigenvalue weighted by atomic mass is 35.5. The number of hydrogen-bond acceptors (Lipinski definition) is 5. The molecule has 39 heavy (non-hydrogen) atoms. The molecule has 0 bridgehead atoms. The number of pyridine rings is 1. The monoisotopic (exact) mass is 566 g/mol. The Labute approximate surface area is 231 Å².